The molecule has 1 aliphatic rings. The maximum Gasteiger partial charge on any atom is 0.271 e. The number of rotatable bonds is 3. The van der Waals surface area contributed by atoms with Crippen LogP contribution in [0.3, 0.4) is 0 Å². The standard InChI is InChI=1S/C20H20ClN3O2S/c1-12-8-15(21)5-6-16(12)18(25)14-4-3-7-23(10-14)19(26)17-11-27-20-22-13(2)9-24(17)20/h5-6,8-9,11,14H,3-4,7,10H2,1-2H3/t14-/m1/s1. The number of piperidine rings is 1. The molecular formula is C20H20ClN3O2S. The van der Waals surface area contributed by atoms with Gasteiger partial charge in [-0.15, -0.1) is 11.3 Å². The van der Waals surface area contributed by atoms with Gasteiger partial charge in [-0.05, 0) is 50.5 Å². The van der Waals surface area contributed by atoms with E-state index in [2.05, 4.69) is 4.98 Å². The Kier molecular flexibility index (Phi) is 4.78. The van der Waals surface area contributed by atoms with Gasteiger partial charge in [0.25, 0.3) is 5.91 Å². The van der Waals surface area contributed by atoms with E-state index in [-0.39, 0.29) is 17.6 Å². The first-order valence-electron chi connectivity index (χ1n) is 8.97. The average Bonchev–Trinajstić information content (AvgIpc) is 3.19. The Bertz CT molecular complexity index is 1040. The van der Waals surface area contributed by atoms with E-state index in [9.17, 15) is 9.59 Å². The number of benzene rings is 1. The van der Waals surface area contributed by atoms with E-state index in [0.29, 0.717) is 29.4 Å². The van der Waals surface area contributed by atoms with Gasteiger partial charge in [0.15, 0.2) is 10.7 Å². The van der Waals surface area contributed by atoms with E-state index >= 15 is 0 Å². The maximum atomic E-state index is 13.1. The summed E-state index contributed by atoms with van der Waals surface area (Å²) in [6, 6.07) is 5.35. The van der Waals surface area contributed by atoms with Crippen molar-refractivity contribution in [2.75, 3.05) is 13.1 Å². The van der Waals surface area contributed by atoms with Crippen LogP contribution in [0.15, 0.2) is 29.8 Å². The predicted molar refractivity (Wildman–Crippen MR) is 107 cm³/mol. The molecule has 0 radical (unpaired) electrons. The number of nitrogens with zero attached hydrogens (tertiary/aromatic N) is 3. The second-order valence-corrected chi connectivity index (χ2v) is 8.34. The van der Waals surface area contributed by atoms with Crippen LogP contribution < -0.4 is 0 Å². The molecule has 1 atom stereocenters. The van der Waals surface area contributed by atoms with Crippen LogP contribution in [0.4, 0.5) is 0 Å². The third-order valence-corrected chi connectivity index (χ3v) is 6.16. The first-order chi connectivity index (χ1) is 12.9. The summed E-state index contributed by atoms with van der Waals surface area (Å²) in [5, 5.41) is 2.47. The molecule has 3 aromatic rings. The number of hydrogen-bond donors (Lipinski definition) is 0. The summed E-state index contributed by atoms with van der Waals surface area (Å²) in [5.41, 5.74) is 3.08. The predicted octanol–water partition coefficient (Wildman–Crippen LogP) is 4.40. The van der Waals surface area contributed by atoms with Gasteiger partial charge in [-0.2, -0.15) is 0 Å². The molecular weight excluding hydrogens is 382 g/mol. The molecule has 2 aromatic heterocycles. The van der Waals surface area contributed by atoms with E-state index < -0.39 is 0 Å². The van der Waals surface area contributed by atoms with Crippen molar-refractivity contribution in [3.05, 3.63) is 57.3 Å². The molecule has 3 heterocycles. The van der Waals surface area contributed by atoms with Gasteiger partial charge in [0.2, 0.25) is 0 Å². The summed E-state index contributed by atoms with van der Waals surface area (Å²) in [6.45, 7) is 4.93. The Morgan fingerprint density at radius 2 is 2.11 bits per heavy atom. The van der Waals surface area contributed by atoms with Gasteiger partial charge in [0.05, 0.1) is 5.69 Å². The Hall–Kier alpha value is -2.18. The number of thiazole rings is 1. The van der Waals surface area contributed by atoms with Gasteiger partial charge in [-0.3, -0.25) is 14.0 Å². The number of hydrogen-bond acceptors (Lipinski definition) is 4. The molecule has 0 saturated carbocycles. The molecule has 5 nitrogen and oxygen atoms in total. The number of aromatic nitrogens is 2. The quantitative estimate of drug-likeness (QED) is 0.611. The van der Waals surface area contributed by atoms with E-state index in [1.807, 2.05) is 35.9 Å². The molecule has 1 aromatic carbocycles. The Morgan fingerprint density at radius 1 is 1.30 bits per heavy atom. The van der Waals surface area contributed by atoms with Crippen molar-refractivity contribution in [3.63, 3.8) is 0 Å². The SMILES string of the molecule is Cc1cn2c(C(=O)N3CCC[C@@H](C(=O)c4ccc(Cl)cc4C)C3)csc2n1. The first kappa shape index (κ1) is 18.2. The highest BCUT2D eigenvalue weighted by atomic mass is 35.5. The van der Waals surface area contributed by atoms with Crippen molar-refractivity contribution in [1.29, 1.82) is 0 Å². The van der Waals surface area contributed by atoms with Crippen LogP contribution >= 0.6 is 22.9 Å². The fourth-order valence-corrected chi connectivity index (χ4v) is 4.83. The fourth-order valence-electron chi connectivity index (χ4n) is 3.71. The minimum absolute atomic E-state index is 0.0380. The normalized spacial score (nSPS) is 17.4. The second kappa shape index (κ2) is 7.09. The summed E-state index contributed by atoms with van der Waals surface area (Å²) < 4.78 is 1.84. The van der Waals surface area contributed by atoms with Crippen LogP contribution in [0.1, 0.15) is 44.9 Å². The fraction of sp³-hybridized carbons (Fsp3) is 0.350. The van der Waals surface area contributed by atoms with E-state index in [1.54, 1.807) is 17.0 Å². The lowest BCUT2D eigenvalue weighted by Gasteiger charge is -2.32. The molecule has 1 amide bonds. The molecule has 1 fully saturated rings. The van der Waals surface area contributed by atoms with Gasteiger partial charge < -0.3 is 4.90 Å². The van der Waals surface area contributed by atoms with Crippen molar-refractivity contribution in [2.45, 2.75) is 26.7 Å². The van der Waals surface area contributed by atoms with Crippen molar-refractivity contribution in [3.8, 4) is 0 Å². The second-order valence-electron chi connectivity index (χ2n) is 7.07. The zero-order chi connectivity index (χ0) is 19.1. The number of Topliss-reactive ketones (excluding diaryl/α,β-unsaturated/α-hetero) is 1. The average molecular weight is 402 g/mol. The van der Waals surface area contributed by atoms with Crippen molar-refractivity contribution in [1.82, 2.24) is 14.3 Å². The summed E-state index contributed by atoms with van der Waals surface area (Å²) in [6.07, 6.45) is 3.50. The first-order valence-corrected chi connectivity index (χ1v) is 10.2. The third kappa shape index (κ3) is 3.39. The minimum Gasteiger partial charge on any atom is -0.337 e. The van der Waals surface area contributed by atoms with Gasteiger partial charge in [0.1, 0.15) is 5.69 Å². The molecule has 0 bridgehead atoms. The highest BCUT2D eigenvalue weighted by Crippen LogP contribution is 2.26. The van der Waals surface area contributed by atoms with Crippen LogP contribution in [0.2, 0.25) is 5.02 Å². The molecule has 1 aliphatic heterocycles. The number of fused-ring (bicyclic) bond motifs is 1. The van der Waals surface area contributed by atoms with Crippen molar-refractivity contribution in [2.24, 2.45) is 5.92 Å². The van der Waals surface area contributed by atoms with Gasteiger partial charge in [0, 0.05) is 41.2 Å². The molecule has 27 heavy (non-hydrogen) atoms. The number of aryl methyl sites for hydroxylation is 2. The summed E-state index contributed by atoms with van der Waals surface area (Å²) in [7, 11) is 0. The lowest BCUT2D eigenvalue weighted by molar-refractivity contribution is 0.0631. The number of carbonyl (C=O) groups is 2. The Morgan fingerprint density at radius 3 is 2.89 bits per heavy atom. The van der Waals surface area contributed by atoms with Gasteiger partial charge in [-0.25, -0.2) is 4.98 Å². The van der Waals surface area contributed by atoms with Crippen molar-refractivity contribution < 1.29 is 9.59 Å². The number of halogens is 1. The molecule has 4 rings (SSSR count). The highest BCUT2D eigenvalue weighted by Gasteiger charge is 2.31. The van der Waals surface area contributed by atoms with Gasteiger partial charge in [-0.1, -0.05) is 11.6 Å². The van der Waals surface area contributed by atoms with Crippen LogP contribution in [0, 0.1) is 19.8 Å². The summed E-state index contributed by atoms with van der Waals surface area (Å²) in [5.74, 6) is -0.124. The Balaban J connectivity index is 1.55. The summed E-state index contributed by atoms with van der Waals surface area (Å²) >= 11 is 7.47. The maximum absolute atomic E-state index is 13.1. The van der Waals surface area contributed by atoms with E-state index in [1.165, 1.54) is 11.3 Å². The third-order valence-electron chi connectivity index (χ3n) is 5.08. The minimum atomic E-state index is -0.179. The summed E-state index contributed by atoms with van der Waals surface area (Å²) in [4.78, 5) is 33.1. The zero-order valence-electron chi connectivity index (χ0n) is 15.2. The molecule has 1 saturated heterocycles. The number of carbonyl (C=O) groups excluding carboxylic acids is 2. The molecule has 0 unspecified atom stereocenters. The molecule has 0 N–H and O–H groups in total. The van der Waals surface area contributed by atoms with Crippen LogP contribution in [0.5, 0.6) is 0 Å². The van der Waals surface area contributed by atoms with Gasteiger partial charge >= 0.3 is 0 Å². The lowest BCUT2D eigenvalue weighted by Crippen LogP contribution is -2.42. The van der Waals surface area contributed by atoms with Crippen LogP contribution in [-0.4, -0.2) is 39.1 Å². The number of imidazole rings is 1. The largest absolute Gasteiger partial charge is 0.337 e. The number of amides is 1. The smallest absolute Gasteiger partial charge is 0.271 e. The molecule has 140 valence electrons. The number of ketones is 1. The topological polar surface area (TPSA) is 54.7 Å². The lowest BCUT2D eigenvalue weighted by atomic mass is 9.88. The number of likely N-dealkylation sites (tertiary alicyclic amines) is 1. The van der Waals surface area contributed by atoms with Crippen molar-refractivity contribution >= 4 is 39.6 Å². The molecule has 0 spiro atoms. The monoisotopic (exact) mass is 401 g/mol. The molecule has 0 aliphatic carbocycles. The Labute approximate surface area is 166 Å². The van der Waals surface area contributed by atoms with E-state index in [4.69, 9.17) is 11.6 Å². The van der Waals surface area contributed by atoms with E-state index in [0.717, 1.165) is 29.1 Å². The molecule has 7 heteroatoms. The zero-order valence-corrected chi connectivity index (χ0v) is 16.8. The van der Waals surface area contributed by atoms with Crippen LogP contribution in [-0.2, 0) is 0 Å². The van der Waals surface area contributed by atoms with Crippen LogP contribution in [0.25, 0.3) is 4.96 Å². The highest BCUT2D eigenvalue weighted by molar-refractivity contribution is 7.15.